The Bertz CT molecular complexity index is 793. The van der Waals surface area contributed by atoms with Crippen molar-refractivity contribution in [1.29, 1.82) is 0 Å². The van der Waals surface area contributed by atoms with Gasteiger partial charge < -0.3 is 14.9 Å². The average molecular weight is 326 g/mol. The number of benzene rings is 2. The third-order valence-electron chi connectivity index (χ3n) is 5.83. The number of rotatable bonds is 1. The summed E-state index contributed by atoms with van der Waals surface area (Å²) >= 11 is 0. The smallest absolute Gasteiger partial charge is 0.134 e. The monoisotopic (exact) mass is 326 g/mol. The van der Waals surface area contributed by atoms with Crippen LogP contribution >= 0.6 is 0 Å². The highest BCUT2D eigenvalue weighted by molar-refractivity contribution is 5.69. The van der Waals surface area contributed by atoms with E-state index in [-0.39, 0.29) is 5.92 Å². The van der Waals surface area contributed by atoms with Gasteiger partial charge in [0.15, 0.2) is 0 Å². The molecule has 0 atom stereocenters. The van der Waals surface area contributed by atoms with E-state index in [1.807, 2.05) is 41.5 Å². The van der Waals surface area contributed by atoms with Gasteiger partial charge in [0.05, 0.1) is 0 Å². The molecule has 1 heterocycles. The molecule has 24 heavy (non-hydrogen) atoms. The molecule has 2 aromatic carbocycles. The summed E-state index contributed by atoms with van der Waals surface area (Å²) in [7, 11) is 0. The summed E-state index contributed by atoms with van der Waals surface area (Å²) in [5, 5.41) is 21.0. The van der Waals surface area contributed by atoms with Gasteiger partial charge in [-0.05, 0) is 81.3 Å². The molecule has 0 amide bonds. The van der Waals surface area contributed by atoms with Crippen molar-refractivity contribution in [3.8, 4) is 23.0 Å². The zero-order valence-electron chi connectivity index (χ0n) is 15.6. The third kappa shape index (κ3) is 1.97. The molecule has 0 aromatic heterocycles. The van der Waals surface area contributed by atoms with E-state index in [1.165, 1.54) is 0 Å². The SMILES string of the molecule is CCC1c2c(C)c(O)c(C)c(C)c2Oc2c(C)c(C)c(O)c(C)c21. The van der Waals surface area contributed by atoms with Crippen molar-refractivity contribution >= 4 is 0 Å². The van der Waals surface area contributed by atoms with Crippen LogP contribution in [0.5, 0.6) is 23.0 Å². The molecule has 0 unspecified atom stereocenters. The molecule has 2 aromatic rings. The summed E-state index contributed by atoms with van der Waals surface area (Å²) in [5.74, 6) is 2.55. The molecule has 0 bridgehead atoms. The van der Waals surface area contributed by atoms with Crippen LogP contribution in [-0.2, 0) is 0 Å². The standard InChI is InChI=1S/C21H26O3/c1-8-15-16-13(6)18(22)9(2)11(4)20(16)24-21-12(5)10(3)19(23)14(7)17(15)21/h15,22-23H,8H2,1-7H3. The third-order valence-corrected chi connectivity index (χ3v) is 5.83. The van der Waals surface area contributed by atoms with Gasteiger partial charge >= 0.3 is 0 Å². The molecule has 0 radical (unpaired) electrons. The molecule has 3 nitrogen and oxygen atoms in total. The van der Waals surface area contributed by atoms with Gasteiger partial charge in [0.1, 0.15) is 23.0 Å². The molecule has 128 valence electrons. The lowest BCUT2D eigenvalue weighted by molar-refractivity contribution is 0.415. The van der Waals surface area contributed by atoms with Gasteiger partial charge in [0.2, 0.25) is 0 Å². The summed E-state index contributed by atoms with van der Waals surface area (Å²) in [4.78, 5) is 0. The Kier molecular flexibility index (Phi) is 3.78. The normalized spacial score (nSPS) is 13.5. The largest absolute Gasteiger partial charge is 0.507 e. The van der Waals surface area contributed by atoms with Crippen molar-refractivity contribution in [2.75, 3.05) is 0 Å². The van der Waals surface area contributed by atoms with Crippen molar-refractivity contribution in [2.45, 2.75) is 60.8 Å². The second-order valence-corrected chi connectivity index (χ2v) is 7.00. The first kappa shape index (κ1) is 16.7. The fraction of sp³-hybridized carbons (Fsp3) is 0.429. The Hall–Kier alpha value is -2.16. The van der Waals surface area contributed by atoms with E-state index in [0.717, 1.165) is 62.4 Å². The molecule has 3 rings (SSSR count). The van der Waals surface area contributed by atoms with Crippen LogP contribution < -0.4 is 4.74 Å². The molecule has 0 aliphatic carbocycles. The van der Waals surface area contributed by atoms with Crippen molar-refractivity contribution in [1.82, 2.24) is 0 Å². The van der Waals surface area contributed by atoms with Gasteiger partial charge in [-0.3, -0.25) is 0 Å². The van der Waals surface area contributed by atoms with Crippen LogP contribution in [0.1, 0.15) is 63.8 Å². The van der Waals surface area contributed by atoms with Gasteiger partial charge in [0, 0.05) is 17.0 Å². The van der Waals surface area contributed by atoms with Gasteiger partial charge in [-0.25, -0.2) is 0 Å². The molecule has 3 heteroatoms. The number of hydrogen-bond acceptors (Lipinski definition) is 3. The number of ether oxygens (including phenoxy) is 1. The minimum atomic E-state index is 0.110. The van der Waals surface area contributed by atoms with Crippen LogP contribution in [-0.4, -0.2) is 10.2 Å². The fourth-order valence-corrected chi connectivity index (χ4v) is 4.01. The average Bonchev–Trinajstić information content (AvgIpc) is 2.59. The van der Waals surface area contributed by atoms with E-state index < -0.39 is 0 Å². The van der Waals surface area contributed by atoms with E-state index >= 15 is 0 Å². The van der Waals surface area contributed by atoms with E-state index in [2.05, 4.69) is 6.92 Å². The Labute approximate surface area is 143 Å². The van der Waals surface area contributed by atoms with E-state index in [9.17, 15) is 10.2 Å². The number of phenolic OH excluding ortho intramolecular Hbond substituents is 2. The summed E-state index contributed by atoms with van der Waals surface area (Å²) < 4.78 is 6.38. The topological polar surface area (TPSA) is 49.7 Å². The van der Waals surface area contributed by atoms with Crippen LogP contribution in [0, 0.1) is 41.5 Å². The van der Waals surface area contributed by atoms with Crippen LogP contribution in [0.3, 0.4) is 0 Å². The predicted molar refractivity (Wildman–Crippen MR) is 96.8 cm³/mol. The lowest BCUT2D eigenvalue weighted by Gasteiger charge is -2.34. The fourth-order valence-electron chi connectivity index (χ4n) is 4.01. The molecule has 0 fully saturated rings. The first-order chi connectivity index (χ1) is 11.2. The summed E-state index contributed by atoms with van der Waals surface area (Å²) in [6.45, 7) is 13.9. The van der Waals surface area contributed by atoms with Crippen molar-refractivity contribution < 1.29 is 14.9 Å². The molecule has 0 saturated carbocycles. The Morgan fingerprint density at radius 2 is 1.04 bits per heavy atom. The summed E-state index contributed by atoms with van der Waals surface area (Å²) in [5.41, 5.74) is 7.57. The number of fused-ring (bicyclic) bond motifs is 2. The van der Waals surface area contributed by atoms with Gasteiger partial charge in [0.25, 0.3) is 0 Å². The van der Waals surface area contributed by atoms with Crippen LogP contribution in [0.4, 0.5) is 0 Å². The minimum absolute atomic E-state index is 0.110. The Morgan fingerprint density at radius 1 is 0.667 bits per heavy atom. The number of hydrogen-bond donors (Lipinski definition) is 2. The van der Waals surface area contributed by atoms with Crippen LogP contribution in [0.25, 0.3) is 0 Å². The maximum atomic E-state index is 10.5. The van der Waals surface area contributed by atoms with Crippen LogP contribution in [0.2, 0.25) is 0 Å². The van der Waals surface area contributed by atoms with Crippen LogP contribution in [0.15, 0.2) is 0 Å². The minimum Gasteiger partial charge on any atom is -0.507 e. The Balaban J connectivity index is 2.43. The van der Waals surface area contributed by atoms with E-state index in [4.69, 9.17) is 4.74 Å². The lowest BCUT2D eigenvalue weighted by Crippen LogP contribution is -2.16. The second-order valence-electron chi connectivity index (χ2n) is 7.00. The highest BCUT2D eigenvalue weighted by Crippen LogP contribution is 2.55. The molecule has 0 spiro atoms. The second kappa shape index (κ2) is 5.44. The molecular formula is C21H26O3. The molecule has 1 aliphatic rings. The summed E-state index contributed by atoms with van der Waals surface area (Å²) in [6, 6.07) is 0. The molecule has 1 aliphatic heterocycles. The zero-order valence-corrected chi connectivity index (χ0v) is 15.6. The summed E-state index contributed by atoms with van der Waals surface area (Å²) in [6.07, 6.45) is 0.884. The number of aromatic hydroxyl groups is 2. The first-order valence-electron chi connectivity index (χ1n) is 8.55. The maximum absolute atomic E-state index is 10.5. The van der Waals surface area contributed by atoms with Crippen molar-refractivity contribution in [3.63, 3.8) is 0 Å². The highest BCUT2D eigenvalue weighted by atomic mass is 16.5. The van der Waals surface area contributed by atoms with Gasteiger partial charge in [-0.2, -0.15) is 0 Å². The van der Waals surface area contributed by atoms with Gasteiger partial charge in [-0.15, -0.1) is 0 Å². The zero-order chi connectivity index (χ0) is 17.9. The van der Waals surface area contributed by atoms with Crippen molar-refractivity contribution in [2.24, 2.45) is 0 Å². The lowest BCUT2D eigenvalue weighted by atomic mass is 9.78. The maximum Gasteiger partial charge on any atom is 0.134 e. The van der Waals surface area contributed by atoms with E-state index in [0.29, 0.717) is 11.5 Å². The molecule has 0 saturated heterocycles. The molecule has 2 N–H and O–H groups in total. The van der Waals surface area contributed by atoms with E-state index in [1.54, 1.807) is 0 Å². The highest BCUT2D eigenvalue weighted by Gasteiger charge is 2.35. The van der Waals surface area contributed by atoms with Crippen molar-refractivity contribution in [3.05, 3.63) is 44.5 Å². The predicted octanol–water partition coefficient (Wildman–Crippen LogP) is 5.60. The quantitative estimate of drug-likeness (QED) is 0.717. The van der Waals surface area contributed by atoms with Gasteiger partial charge in [-0.1, -0.05) is 6.92 Å². The Morgan fingerprint density at radius 3 is 1.38 bits per heavy atom. The first-order valence-corrected chi connectivity index (χ1v) is 8.55. The number of phenols is 2. The molecular weight excluding hydrogens is 300 g/mol.